The molecule has 2 bridgehead atoms. The van der Waals surface area contributed by atoms with E-state index in [4.69, 9.17) is 28.4 Å². The molecule has 2 aliphatic carbocycles. The van der Waals surface area contributed by atoms with Crippen LogP contribution in [0.4, 0.5) is 0 Å². The number of methoxy groups -OCH3 is 3. The van der Waals surface area contributed by atoms with E-state index in [1.807, 2.05) is 37.3 Å². The van der Waals surface area contributed by atoms with Crippen LogP contribution < -0.4 is 4.74 Å². The Bertz CT molecular complexity index is 910. The molecule has 1 aromatic rings. The summed E-state index contributed by atoms with van der Waals surface area (Å²) in [6.45, 7) is 6.23. The molecule has 1 aromatic carbocycles. The number of aliphatic hydroxyl groups is 1. The summed E-state index contributed by atoms with van der Waals surface area (Å²) < 4.78 is 34.7. The SMILES string of the molecule is COCO[C@H]1[C@@H]2C(=O)O[C@@]3([C@H]2CC3(C)C)[C@@H](OCc2ccc(OC)cc2)[C@@H](O)/C(C)=C/[C@@H]1OC. The third kappa shape index (κ3) is 3.95. The van der Waals surface area contributed by atoms with Gasteiger partial charge in [-0.15, -0.1) is 0 Å². The van der Waals surface area contributed by atoms with Crippen LogP contribution in [-0.4, -0.2) is 69.2 Å². The van der Waals surface area contributed by atoms with Crippen molar-refractivity contribution < 1.29 is 38.3 Å². The Morgan fingerprint density at radius 1 is 1.12 bits per heavy atom. The van der Waals surface area contributed by atoms with Crippen LogP contribution in [0.25, 0.3) is 0 Å². The Labute approximate surface area is 201 Å². The van der Waals surface area contributed by atoms with E-state index in [1.54, 1.807) is 14.2 Å². The van der Waals surface area contributed by atoms with Crippen molar-refractivity contribution in [1.82, 2.24) is 0 Å². The van der Waals surface area contributed by atoms with Gasteiger partial charge >= 0.3 is 5.97 Å². The number of carbonyl (C=O) groups excluding carboxylic acids is 1. The standard InChI is InChI=1S/C26H36O8/c1-15-11-19(31-6)22(33-14-29-4)20-18-12-25(2,3)26(18,34-24(20)28)23(21(15)27)32-13-16-7-9-17(30-5)10-8-16/h7-11,18-23,27H,12-14H2,1-6H3/b15-11+/t18-,19-,20+,21-,22+,23-,26-/m0/s1. The van der Waals surface area contributed by atoms with E-state index in [2.05, 4.69) is 13.8 Å². The molecule has 0 aromatic heterocycles. The largest absolute Gasteiger partial charge is 0.497 e. The zero-order chi connectivity index (χ0) is 24.7. The van der Waals surface area contributed by atoms with Gasteiger partial charge < -0.3 is 33.5 Å². The van der Waals surface area contributed by atoms with Gasteiger partial charge in [0.1, 0.15) is 42.6 Å². The Kier molecular flexibility index (Phi) is 7.09. The number of ether oxygens (including phenoxy) is 6. The first-order valence-corrected chi connectivity index (χ1v) is 11.7. The molecule has 4 rings (SSSR count). The van der Waals surface area contributed by atoms with Crippen molar-refractivity contribution in [3.05, 3.63) is 41.5 Å². The Morgan fingerprint density at radius 2 is 1.82 bits per heavy atom. The number of carbonyl (C=O) groups is 1. The van der Waals surface area contributed by atoms with Gasteiger partial charge in [-0.25, -0.2) is 0 Å². The van der Waals surface area contributed by atoms with E-state index >= 15 is 0 Å². The molecule has 0 spiro atoms. The van der Waals surface area contributed by atoms with E-state index in [-0.39, 0.29) is 25.3 Å². The molecule has 3 aliphatic rings. The molecule has 8 nitrogen and oxygen atoms in total. The Balaban J connectivity index is 1.73. The van der Waals surface area contributed by atoms with Gasteiger partial charge in [0.25, 0.3) is 0 Å². The van der Waals surface area contributed by atoms with Gasteiger partial charge in [0.2, 0.25) is 0 Å². The molecule has 1 heterocycles. The van der Waals surface area contributed by atoms with Crippen LogP contribution in [0.5, 0.6) is 5.75 Å². The average Bonchev–Trinajstić information content (AvgIpc) is 3.07. The maximum absolute atomic E-state index is 13.4. The first-order chi connectivity index (χ1) is 16.2. The first kappa shape index (κ1) is 25.1. The Hall–Kier alpha value is -1.97. The van der Waals surface area contributed by atoms with Gasteiger partial charge in [0.05, 0.1) is 19.6 Å². The predicted octanol–water partition coefficient (Wildman–Crippen LogP) is 2.86. The monoisotopic (exact) mass is 476 g/mol. The summed E-state index contributed by atoms with van der Waals surface area (Å²) in [4.78, 5) is 13.4. The molecule has 0 unspecified atom stereocenters. The highest BCUT2D eigenvalue weighted by Gasteiger charge is 2.77. The van der Waals surface area contributed by atoms with Crippen molar-refractivity contribution in [3.63, 3.8) is 0 Å². The average molecular weight is 477 g/mol. The molecule has 0 amide bonds. The molecule has 1 saturated carbocycles. The summed E-state index contributed by atoms with van der Waals surface area (Å²) in [5.41, 5.74) is 0.216. The molecule has 188 valence electrons. The Morgan fingerprint density at radius 3 is 2.41 bits per heavy atom. The summed E-state index contributed by atoms with van der Waals surface area (Å²) in [5.74, 6) is -0.347. The second kappa shape index (κ2) is 9.59. The van der Waals surface area contributed by atoms with E-state index in [0.717, 1.165) is 17.7 Å². The molecule has 1 aliphatic heterocycles. The summed E-state index contributed by atoms with van der Waals surface area (Å²) in [6, 6.07) is 7.57. The van der Waals surface area contributed by atoms with E-state index in [0.29, 0.717) is 5.57 Å². The van der Waals surface area contributed by atoms with Crippen LogP contribution in [0.1, 0.15) is 32.8 Å². The summed E-state index contributed by atoms with van der Waals surface area (Å²) in [6.07, 6.45) is -0.352. The fourth-order valence-electron chi connectivity index (χ4n) is 6.06. The zero-order valence-electron chi connectivity index (χ0n) is 20.8. The van der Waals surface area contributed by atoms with Crippen molar-refractivity contribution in [2.75, 3.05) is 28.1 Å². The summed E-state index contributed by atoms with van der Waals surface area (Å²) in [7, 11) is 4.72. The lowest BCUT2D eigenvalue weighted by Crippen LogP contribution is -2.70. The number of hydrogen-bond acceptors (Lipinski definition) is 8. The van der Waals surface area contributed by atoms with Crippen molar-refractivity contribution in [2.45, 2.75) is 63.8 Å². The van der Waals surface area contributed by atoms with Gasteiger partial charge in [-0.05, 0) is 36.6 Å². The van der Waals surface area contributed by atoms with Crippen LogP contribution in [0.15, 0.2) is 35.9 Å². The molecule has 2 fully saturated rings. The molecule has 1 N–H and O–H groups in total. The summed E-state index contributed by atoms with van der Waals surface area (Å²) in [5, 5.41) is 11.5. The van der Waals surface area contributed by atoms with Crippen LogP contribution in [0.2, 0.25) is 0 Å². The van der Waals surface area contributed by atoms with Gasteiger partial charge in [0.15, 0.2) is 0 Å². The van der Waals surface area contributed by atoms with Crippen LogP contribution >= 0.6 is 0 Å². The minimum atomic E-state index is -0.995. The molecular formula is C26H36O8. The predicted molar refractivity (Wildman–Crippen MR) is 123 cm³/mol. The van der Waals surface area contributed by atoms with E-state index in [1.165, 1.54) is 7.11 Å². The van der Waals surface area contributed by atoms with Crippen LogP contribution in [0.3, 0.4) is 0 Å². The quantitative estimate of drug-likeness (QED) is 0.348. The van der Waals surface area contributed by atoms with Crippen molar-refractivity contribution in [2.24, 2.45) is 17.3 Å². The highest BCUT2D eigenvalue weighted by molar-refractivity contribution is 5.78. The summed E-state index contributed by atoms with van der Waals surface area (Å²) >= 11 is 0. The number of hydrogen-bond donors (Lipinski definition) is 1. The van der Waals surface area contributed by atoms with Gasteiger partial charge in [-0.2, -0.15) is 0 Å². The smallest absolute Gasteiger partial charge is 0.312 e. The highest BCUT2D eigenvalue weighted by atomic mass is 16.7. The number of aliphatic hydroxyl groups excluding tert-OH is 1. The normalized spacial score (nSPS) is 37.9. The molecule has 7 atom stereocenters. The molecule has 34 heavy (non-hydrogen) atoms. The molecule has 1 saturated heterocycles. The lowest BCUT2D eigenvalue weighted by atomic mass is 9.47. The van der Waals surface area contributed by atoms with Gasteiger partial charge in [-0.3, -0.25) is 4.79 Å². The zero-order valence-corrected chi connectivity index (χ0v) is 20.8. The number of benzene rings is 1. The maximum Gasteiger partial charge on any atom is 0.312 e. The molecule has 0 radical (unpaired) electrons. The van der Waals surface area contributed by atoms with Crippen molar-refractivity contribution in [1.29, 1.82) is 0 Å². The number of esters is 1. The van der Waals surface area contributed by atoms with Crippen molar-refractivity contribution in [3.8, 4) is 5.75 Å². The van der Waals surface area contributed by atoms with Crippen LogP contribution in [-0.2, 0) is 35.1 Å². The molecule has 8 heteroatoms. The fraction of sp³-hybridized carbons (Fsp3) is 0.654. The third-order valence-corrected chi connectivity index (χ3v) is 7.83. The second-order valence-corrected chi connectivity index (χ2v) is 10.1. The van der Waals surface area contributed by atoms with Gasteiger partial charge in [0, 0.05) is 25.6 Å². The van der Waals surface area contributed by atoms with Gasteiger partial charge in [-0.1, -0.05) is 32.1 Å². The van der Waals surface area contributed by atoms with Crippen molar-refractivity contribution >= 4 is 5.97 Å². The maximum atomic E-state index is 13.4. The fourth-order valence-corrected chi connectivity index (χ4v) is 6.06. The lowest BCUT2D eigenvalue weighted by Gasteiger charge is -2.60. The molecular weight excluding hydrogens is 440 g/mol. The first-order valence-electron chi connectivity index (χ1n) is 11.7. The minimum Gasteiger partial charge on any atom is -0.497 e. The second-order valence-electron chi connectivity index (χ2n) is 10.1. The minimum absolute atomic E-state index is 0.0181. The van der Waals surface area contributed by atoms with E-state index < -0.39 is 41.3 Å². The topological polar surface area (TPSA) is 92.7 Å². The number of rotatable bonds is 8. The highest BCUT2D eigenvalue weighted by Crippen LogP contribution is 2.66. The lowest BCUT2D eigenvalue weighted by molar-refractivity contribution is -0.268. The van der Waals surface area contributed by atoms with Crippen LogP contribution in [0, 0.1) is 17.3 Å². The third-order valence-electron chi connectivity index (χ3n) is 7.83. The van der Waals surface area contributed by atoms with E-state index in [9.17, 15) is 9.90 Å².